The molecule has 0 aliphatic carbocycles. The number of benzene rings is 1. The molecule has 1 heterocycles. The van der Waals surface area contributed by atoms with Gasteiger partial charge < -0.3 is 10.2 Å². The van der Waals surface area contributed by atoms with Crippen molar-refractivity contribution in [3.05, 3.63) is 29.8 Å². The zero-order valence-corrected chi connectivity index (χ0v) is 12.9. The maximum atomic E-state index is 12.6. The molecule has 0 radical (unpaired) electrons. The van der Waals surface area contributed by atoms with Crippen molar-refractivity contribution in [1.82, 2.24) is 5.32 Å². The molecule has 20 heavy (non-hydrogen) atoms. The quantitative estimate of drug-likeness (QED) is 0.915. The fourth-order valence-electron chi connectivity index (χ4n) is 2.91. The van der Waals surface area contributed by atoms with Crippen LogP contribution in [0.15, 0.2) is 24.3 Å². The molecule has 1 saturated heterocycles. The number of carbonyl (C=O) groups is 1. The first kappa shape index (κ1) is 15.0. The van der Waals surface area contributed by atoms with Gasteiger partial charge in [0.1, 0.15) is 0 Å². The lowest BCUT2D eigenvalue weighted by Gasteiger charge is -2.31. The topological polar surface area (TPSA) is 32.3 Å². The Hall–Kier alpha value is -1.35. The summed E-state index contributed by atoms with van der Waals surface area (Å²) >= 11 is 0. The first-order valence-corrected chi connectivity index (χ1v) is 7.72. The average molecular weight is 274 g/mol. The van der Waals surface area contributed by atoms with Gasteiger partial charge in [-0.3, -0.25) is 4.79 Å². The van der Waals surface area contributed by atoms with E-state index in [1.165, 1.54) is 18.4 Å². The van der Waals surface area contributed by atoms with Crippen LogP contribution in [0.3, 0.4) is 0 Å². The molecule has 2 unspecified atom stereocenters. The lowest BCUT2D eigenvalue weighted by Crippen LogP contribution is -2.44. The van der Waals surface area contributed by atoms with Crippen LogP contribution in [0.25, 0.3) is 0 Å². The molecule has 0 saturated carbocycles. The van der Waals surface area contributed by atoms with E-state index >= 15 is 0 Å². The molecule has 0 bridgehead atoms. The number of nitrogens with one attached hydrogen (secondary N) is 1. The third kappa shape index (κ3) is 3.60. The highest BCUT2D eigenvalue weighted by Crippen LogP contribution is 2.21. The molecule has 110 valence electrons. The fraction of sp³-hybridized carbons (Fsp3) is 0.588. The van der Waals surface area contributed by atoms with Crippen molar-refractivity contribution in [1.29, 1.82) is 0 Å². The van der Waals surface area contributed by atoms with Crippen molar-refractivity contribution in [2.75, 3.05) is 18.0 Å². The molecule has 2 rings (SSSR count). The van der Waals surface area contributed by atoms with Gasteiger partial charge >= 0.3 is 0 Å². The van der Waals surface area contributed by atoms with Gasteiger partial charge in [-0.15, -0.1) is 0 Å². The molecule has 0 spiro atoms. The Kier molecular flexibility index (Phi) is 5.18. The van der Waals surface area contributed by atoms with E-state index in [9.17, 15) is 4.79 Å². The van der Waals surface area contributed by atoms with Gasteiger partial charge in [0.05, 0.1) is 0 Å². The normalized spacial score (nSPS) is 22.6. The highest BCUT2D eigenvalue weighted by atomic mass is 16.2. The number of amides is 1. The van der Waals surface area contributed by atoms with E-state index in [4.69, 9.17) is 0 Å². The molecule has 3 nitrogen and oxygen atoms in total. The molecule has 1 aromatic rings. The summed E-state index contributed by atoms with van der Waals surface area (Å²) < 4.78 is 0. The van der Waals surface area contributed by atoms with Crippen LogP contribution >= 0.6 is 0 Å². The molecular formula is C17H26N2O. The minimum Gasteiger partial charge on any atom is -0.313 e. The summed E-state index contributed by atoms with van der Waals surface area (Å²) in [7, 11) is 0. The molecule has 3 heteroatoms. The van der Waals surface area contributed by atoms with Crippen LogP contribution in [0.2, 0.25) is 0 Å². The van der Waals surface area contributed by atoms with E-state index in [0.29, 0.717) is 18.4 Å². The lowest BCUT2D eigenvalue weighted by atomic mass is 9.90. The predicted molar refractivity (Wildman–Crippen MR) is 84.0 cm³/mol. The molecule has 2 atom stereocenters. The van der Waals surface area contributed by atoms with E-state index in [-0.39, 0.29) is 5.91 Å². The lowest BCUT2D eigenvalue weighted by molar-refractivity contribution is -0.119. The van der Waals surface area contributed by atoms with Crippen LogP contribution in [0.4, 0.5) is 5.69 Å². The van der Waals surface area contributed by atoms with Gasteiger partial charge in [0.15, 0.2) is 0 Å². The maximum absolute atomic E-state index is 12.6. The molecule has 0 aromatic heterocycles. The Bertz CT molecular complexity index is 441. The average Bonchev–Trinajstić information content (AvgIpc) is 2.44. The van der Waals surface area contributed by atoms with Gasteiger partial charge in [-0.1, -0.05) is 24.6 Å². The second-order valence-electron chi connectivity index (χ2n) is 5.86. The van der Waals surface area contributed by atoms with Crippen LogP contribution < -0.4 is 10.2 Å². The van der Waals surface area contributed by atoms with E-state index < -0.39 is 0 Å². The van der Waals surface area contributed by atoms with Crippen LogP contribution in [0.5, 0.6) is 0 Å². The second kappa shape index (κ2) is 6.89. The first-order chi connectivity index (χ1) is 9.61. The van der Waals surface area contributed by atoms with Gasteiger partial charge in [-0.2, -0.15) is 0 Å². The molecule has 1 aromatic carbocycles. The van der Waals surface area contributed by atoms with Gasteiger partial charge in [-0.05, 0) is 51.3 Å². The van der Waals surface area contributed by atoms with Crippen LogP contribution in [-0.4, -0.2) is 25.0 Å². The molecule has 1 amide bonds. The van der Waals surface area contributed by atoms with E-state index in [1.54, 1.807) is 0 Å². The zero-order chi connectivity index (χ0) is 14.5. The molecule has 1 aliphatic rings. The number of anilines is 1. The number of aryl methyl sites for hydroxylation is 1. The number of hydrogen-bond acceptors (Lipinski definition) is 2. The van der Waals surface area contributed by atoms with Crippen molar-refractivity contribution in [3.8, 4) is 0 Å². The second-order valence-corrected chi connectivity index (χ2v) is 5.86. The minimum absolute atomic E-state index is 0.225. The molecular weight excluding hydrogens is 248 g/mol. The largest absolute Gasteiger partial charge is 0.313 e. The highest BCUT2D eigenvalue weighted by Gasteiger charge is 2.25. The summed E-state index contributed by atoms with van der Waals surface area (Å²) in [5.74, 6) is 0.812. The predicted octanol–water partition coefficient (Wildman–Crippen LogP) is 3.13. The van der Waals surface area contributed by atoms with Gasteiger partial charge in [-0.25, -0.2) is 0 Å². The summed E-state index contributed by atoms with van der Waals surface area (Å²) in [4.78, 5) is 14.5. The molecule has 1 fully saturated rings. The number of piperidine rings is 1. The third-order valence-corrected chi connectivity index (χ3v) is 4.29. The summed E-state index contributed by atoms with van der Waals surface area (Å²) in [5.41, 5.74) is 2.23. The van der Waals surface area contributed by atoms with Crippen molar-refractivity contribution in [2.24, 2.45) is 5.92 Å². The molecule has 1 N–H and O–H groups in total. The fourth-order valence-corrected chi connectivity index (χ4v) is 2.91. The van der Waals surface area contributed by atoms with E-state index in [2.05, 4.69) is 31.3 Å². The van der Waals surface area contributed by atoms with E-state index in [0.717, 1.165) is 18.8 Å². The van der Waals surface area contributed by atoms with Crippen LogP contribution in [0.1, 0.15) is 38.7 Å². The SMILES string of the molecule is CCN(C(=O)CC1NCCCC1C)c1ccc(C)cc1. The van der Waals surface area contributed by atoms with Crippen molar-refractivity contribution in [2.45, 2.75) is 46.1 Å². The monoisotopic (exact) mass is 274 g/mol. The van der Waals surface area contributed by atoms with Crippen LogP contribution in [-0.2, 0) is 4.79 Å². The summed E-state index contributed by atoms with van der Waals surface area (Å²) in [6, 6.07) is 8.53. The standard InChI is InChI=1S/C17H26N2O/c1-4-19(15-9-7-13(2)8-10-15)17(20)12-16-14(3)6-5-11-18-16/h7-10,14,16,18H,4-6,11-12H2,1-3H3. The van der Waals surface area contributed by atoms with Gasteiger partial charge in [0, 0.05) is 24.7 Å². The Morgan fingerprint density at radius 2 is 2.05 bits per heavy atom. The number of carbonyl (C=O) groups excluding carboxylic acids is 1. The van der Waals surface area contributed by atoms with Crippen molar-refractivity contribution >= 4 is 11.6 Å². The smallest absolute Gasteiger partial charge is 0.228 e. The van der Waals surface area contributed by atoms with Crippen LogP contribution in [0, 0.1) is 12.8 Å². The Morgan fingerprint density at radius 1 is 1.35 bits per heavy atom. The number of nitrogens with zero attached hydrogens (tertiary/aromatic N) is 1. The van der Waals surface area contributed by atoms with Gasteiger partial charge in [0.2, 0.25) is 5.91 Å². The summed E-state index contributed by atoms with van der Waals surface area (Å²) in [5, 5.41) is 3.49. The minimum atomic E-state index is 0.225. The highest BCUT2D eigenvalue weighted by molar-refractivity contribution is 5.93. The van der Waals surface area contributed by atoms with E-state index in [1.807, 2.05) is 24.0 Å². The maximum Gasteiger partial charge on any atom is 0.228 e. The Balaban J connectivity index is 2.03. The van der Waals surface area contributed by atoms with Crippen molar-refractivity contribution < 1.29 is 4.79 Å². The number of rotatable bonds is 4. The first-order valence-electron chi connectivity index (χ1n) is 7.72. The summed E-state index contributed by atoms with van der Waals surface area (Å²) in [6.45, 7) is 8.11. The Morgan fingerprint density at radius 3 is 2.65 bits per heavy atom. The molecule has 1 aliphatic heterocycles. The summed E-state index contributed by atoms with van der Waals surface area (Å²) in [6.07, 6.45) is 3.05. The number of hydrogen-bond donors (Lipinski definition) is 1. The Labute approximate surface area is 122 Å². The van der Waals surface area contributed by atoms with Gasteiger partial charge in [0.25, 0.3) is 0 Å². The zero-order valence-electron chi connectivity index (χ0n) is 12.9. The van der Waals surface area contributed by atoms with Crippen molar-refractivity contribution in [3.63, 3.8) is 0 Å². The third-order valence-electron chi connectivity index (χ3n) is 4.29.